The zero-order chi connectivity index (χ0) is 12.2. The predicted molar refractivity (Wildman–Crippen MR) is 11.9 cm³/mol. The van der Waals surface area contributed by atoms with Crippen LogP contribution in [0, 0.1) is 0 Å². The summed E-state index contributed by atoms with van der Waals surface area (Å²) in [4.78, 5) is 0. The summed E-state index contributed by atoms with van der Waals surface area (Å²) in [5, 5.41) is 0. The van der Waals surface area contributed by atoms with Crippen LogP contribution in [0.1, 0.15) is 0 Å². The van der Waals surface area contributed by atoms with E-state index in [4.69, 9.17) is 20.1 Å². The van der Waals surface area contributed by atoms with E-state index in [-0.39, 0.29) is 29.6 Å². The SMILES string of the molecule is [Na+].[O]=[Cr](=[O])([O-])[O][Cr](=[O])(=[O])[OH].[O]=[Cr](=[O])([OH])[OH]. The fourth-order valence-electron chi connectivity index (χ4n) is 0.105. The van der Waals surface area contributed by atoms with Crippen molar-refractivity contribution in [3.8, 4) is 0 Å². The first kappa shape index (κ1) is 21.5. The number of hydrogen-bond acceptors (Lipinski definition) is 8. The van der Waals surface area contributed by atoms with Gasteiger partial charge in [-0.25, -0.2) is 0 Å². The van der Waals surface area contributed by atoms with Gasteiger partial charge >= 0.3 is 113 Å². The van der Waals surface area contributed by atoms with Crippen LogP contribution in [0.3, 0.4) is 0 Å². The second kappa shape index (κ2) is 7.51. The summed E-state index contributed by atoms with van der Waals surface area (Å²) in [5.74, 6) is 0. The Morgan fingerprint density at radius 3 is 1.07 bits per heavy atom. The van der Waals surface area contributed by atoms with E-state index in [1.807, 2.05) is 0 Å². The molecule has 0 bridgehead atoms. The quantitative estimate of drug-likeness (QED) is 0.397. The van der Waals surface area contributed by atoms with Gasteiger partial charge in [0.05, 0.1) is 0 Å². The molecule has 15 heavy (non-hydrogen) atoms. The van der Waals surface area contributed by atoms with Crippen molar-refractivity contribution in [1.82, 2.24) is 0 Å². The molecule has 0 rings (SSSR count). The van der Waals surface area contributed by atoms with Crippen LogP contribution in [-0.4, -0.2) is 12.5 Å². The average molecular weight is 358 g/mol. The van der Waals surface area contributed by atoms with Crippen LogP contribution < -0.4 is 33.7 Å². The van der Waals surface area contributed by atoms with Gasteiger partial charge in [0, 0.05) is 0 Å². The topological polar surface area (TPSA) is 195 Å². The summed E-state index contributed by atoms with van der Waals surface area (Å²) in [6.07, 6.45) is 0. The van der Waals surface area contributed by atoms with E-state index in [0.29, 0.717) is 0 Å². The van der Waals surface area contributed by atoms with Crippen LogP contribution in [-0.2, 0) is 66.5 Å². The monoisotopic (exact) mass is 358 g/mol. The summed E-state index contributed by atoms with van der Waals surface area (Å²) in [6.45, 7) is 0. The van der Waals surface area contributed by atoms with Crippen molar-refractivity contribution >= 4 is 0 Å². The van der Waals surface area contributed by atoms with Crippen LogP contribution >= 0.6 is 0 Å². The molecule has 0 aromatic rings. The Hall–Kier alpha value is 1.20. The van der Waals surface area contributed by atoms with E-state index in [1.165, 1.54) is 0 Å². The standard InChI is InChI=1S/3Cr.Na.3H2O.8O/h;;;;3*1H2;;;;;;;;/q;+1;+2;+1;;;;;;;;;;;-1/p-3. The molecule has 0 spiro atoms. The van der Waals surface area contributed by atoms with Gasteiger partial charge in [0.2, 0.25) is 0 Å². The molecule has 15 heteroatoms. The average Bonchev–Trinajstić information content (AvgIpc) is 1.42. The molecule has 0 aromatic heterocycles. The third kappa shape index (κ3) is 51.1. The van der Waals surface area contributed by atoms with Gasteiger partial charge in [-0.1, -0.05) is 0 Å². The van der Waals surface area contributed by atoms with Crippen molar-refractivity contribution in [1.29, 1.82) is 0 Å². The van der Waals surface area contributed by atoms with Crippen LogP contribution in [0.5, 0.6) is 0 Å². The molecular formula is H3Cr3NaO11. The molecule has 88 valence electrons. The van der Waals surface area contributed by atoms with Crippen molar-refractivity contribution in [3.63, 3.8) is 0 Å². The summed E-state index contributed by atoms with van der Waals surface area (Å²) < 4.78 is 89.5. The number of rotatable bonds is 2. The first-order valence-corrected chi connectivity index (χ1v) is 8.44. The molecule has 0 heterocycles. The molecule has 0 saturated heterocycles. The van der Waals surface area contributed by atoms with Crippen molar-refractivity contribution in [2.75, 3.05) is 0 Å². The molecule has 0 saturated carbocycles. The maximum absolute atomic E-state index is 9.49. The molecule has 0 fully saturated rings. The summed E-state index contributed by atoms with van der Waals surface area (Å²) in [7, 11) is 0. The Morgan fingerprint density at radius 2 is 1.07 bits per heavy atom. The van der Waals surface area contributed by atoms with Crippen LogP contribution in [0.25, 0.3) is 0 Å². The Bertz CT molecular complexity index is 408. The molecule has 11 nitrogen and oxygen atoms in total. The zero-order valence-electron chi connectivity index (χ0n) is 6.83. The third-order valence-corrected chi connectivity index (χ3v) is 2.88. The van der Waals surface area contributed by atoms with Crippen LogP contribution in [0.15, 0.2) is 0 Å². The molecule has 0 radical (unpaired) electrons. The van der Waals surface area contributed by atoms with Gasteiger partial charge in [-0.15, -0.1) is 0 Å². The first-order valence-electron chi connectivity index (χ1n) is 2.05. The second-order valence-electron chi connectivity index (χ2n) is 1.35. The van der Waals surface area contributed by atoms with Crippen molar-refractivity contribution in [3.05, 3.63) is 0 Å². The minimum atomic E-state index is -6.01. The second-order valence-corrected chi connectivity index (χ2v) is 6.45. The molecular weight excluding hydrogens is 355 g/mol. The molecule has 0 aliphatic carbocycles. The Balaban J connectivity index is -0.000000208. The molecule has 0 aliphatic rings. The van der Waals surface area contributed by atoms with Crippen molar-refractivity contribution in [2.45, 2.75) is 0 Å². The zero-order valence-corrected chi connectivity index (χ0v) is 12.7. The van der Waals surface area contributed by atoms with E-state index in [0.717, 1.165) is 0 Å². The summed E-state index contributed by atoms with van der Waals surface area (Å²) in [5.41, 5.74) is 0. The van der Waals surface area contributed by atoms with Gasteiger partial charge in [0.25, 0.3) is 0 Å². The molecule has 3 N–H and O–H groups in total. The van der Waals surface area contributed by atoms with Gasteiger partial charge in [-0.05, 0) is 0 Å². The molecule has 0 aromatic carbocycles. The normalized spacial score (nSPS) is 12.0. The fourth-order valence-corrected chi connectivity index (χ4v) is 1.79. The van der Waals surface area contributed by atoms with E-state index in [2.05, 4.69) is 2.84 Å². The van der Waals surface area contributed by atoms with Gasteiger partial charge in [-0.2, -0.15) is 0 Å². The van der Waals surface area contributed by atoms with Gasteiger partial charge in [0.1, 0.15) is 0 Å². The van der Waals surface area contributed by atoms with Gasteiger partial charge in [-0.3, -0.25) is 0 Å². The van der Waals surface area contributed by atoms with E-state index < -0.39 is 40.8 Å². The molecule has 0 atom stereocenters. The van der Waals surface area contributed by atoms with Gasteiger partial charge in [0.15, 0.2) is 0 Å². The van der Waals surface area contributed by atoms with Crippen LogP contribution in [0.4, 0.5) is 0 Å². The number of hydrogen-bond donors (Lipinski definition) is 3. The molecule has 0 aliphatic heterocycles. The van der Waals surface area contributed by atoms with Crippen molar-refractivity contribution < 1.29 is 113 Å². The predicted octanol–water partition coefficient (Wildman–Crippen LogP) is -6.64. The maximum atomic E-state index is 9.49. The summed E-state index contributed by atoms with van der Waals surface area (Å²) >= 11 is -17.1. The Morgan fingerprint density at radius 1 is 0.867 bits per heavy atom. The Labute approximate surface area is 112 Å². The molecule has 0 unspecified atom stereocenters. The third-order valence-electron chi connectivity index (χ3n) is 0.169. The Kier molecular flexibility index (Phi) is 10.8. The fraction of sp³-hybridized carbons (Fsp3) is 0. The van der Waals surface area contributed by atoms with Gasteiger partial charge < -0.3 is 0 Å². The molecule has 0 amide bonds. The van der Waals surface area contributed by atoms with E-state index in [9.17, 15) is 19.4 Å². The van der Waals surface area contributed by atoms with Crippen molar-refractivity contribution in [2.24, 2.45) is 0 Å². The summed E-state index contributed by atoms with van der Waals surface area (Å²) in [6, 6.07) is 0. The van der Waals surface area contributed by atoms with E-state index in [1.54, 1.807) is 0 Å². The van der Waals surface area contributed by atoms with E-state index >= 15 is 0 Å². The van der Waals surface area contributed by atoms with Crippen LogP contribution in [0.2, 0.25) is 0 Å². The minimum absolute atomic E-state index is 0. The first-order chi connectivity index (χ1) is 5.71.